The molecule has 3 aliphatic rings. The van der Waals surface area contributed by atoms with Gasteiger partial charge in [-0.2, -0.15) is 0 Å². The van der Waals surface area contributed by atoms with E-state index in [0.29, 0.717) is 12.1 Å². The van der Waals surface area contributed by atoms with Crippen molar-refractivity contribution in [1.29, 1.82) is 0 Å². The van der Waals surface area contributed by atoms with Crippen LogP contribution in [-0.4, -0.2) is 79.2 Å². The molecule has 1 saturated carbocycles. The number of fused-ring (bicyclic) bond motifs is 1. The van der Waals surface area contributed by atoms with E-state index in [9.17, 15) is 4.79 Å². The summed E-state index contributed by atoms with van der Waals surface area (Å²) in [4.78, 5) is 21.9. The number of nitrogens with zero attached hydrogens (tertiary/aromatic N) is 3. The van der Waals surface area contributed by atoms with Gasteiger partial charge in [0.25, 0.3) is 0 Å². The summed E-state index contributed by atoms with van der Waals surface area (Å²) in [6, 6.07) is 11.3. The average Bonchev–Trinajstić information content (AvgIpc) is 3.23. The molecule has 32 heavy (non-hydrogen) atoms. The zero-order valence-corrected chi connectivity index (χ0v) is 21.5. The predicted molar refractivity (Wildman–Crippen MR) is 138 cm³/mol. The van der Waals surface area contributed by atoms with Crippen molar-refractivity contribution < 1.29 is 9.53 Å². The second-order valence-corrected chi connectivity index (χ2v) is 8.91. The molecule has 4 rings (SSSR count). The lowest BCUT2D eigenvalue weighted by Gasteiger charge is -2.36. The minimum Gasteiger partial charge on any atom is -0.373 e. The van der Waals surface area contributed by atoms with Crippen LogP contribution in [0.4, 0.5) is 0 Å². The number of nitrogens with one attached hydrogen (secondary N) is 2. The van der Waals surface area contributed by atoms with E-state index in [1.165, 1.54) is 24.8 Å². The van der Waals surface area contributed by atoms with Gasteiger partial charge in [-0.3, -0.25) is 9.69 Å². The first-order chi connectivity index (χ1) is 15.2. The summed E-state index contributed by atoms with van der Waals surface area (Å²) in [6.45, 7) is 7.36. The highest BCUT2D eigenvalue weighted by atomic mass is 127. The van der Waals surface area contributed by atoms with Crippen LogP contribution in [0.5, 0.6) is 0 Å². The molecule has 1 aromatic carbocycles. The van der Waals surface area contributed by atoms with Crippen LogP contribution >= 0.6 is 24.0 Å². The van der Waals surface area contributed by atoms with E-state index in [-0.39, 0.29) is 42.5 Å². The highest BCUT2D eigenvalue weighted by Crippen LogP contribution is 2.24. The Bertz CT molecular complexity index is 741. The first-order valence-electron chi connectivity index (χ1n) is 11.9. The summed E-state index contributed by atoms with van der Waals surface area (Å²) >= 11 is 0. The summed E-state index contributed by atoms with van der Waals surface area (Å²) in [5.74, 6) is 0.847. The van der Waals surface area contributed by atoms with Gasteiger partial charge in [-0.1, -0.05) is 49.6 Å². The van der Waals surface area contributed by atoms with Crippen molar-refractivity contribution in [3.8, 4) is 0 Å². The highest BCUT2D eigenvalue weighted by molar-refractivity contribution is 14.0. The Morgan fingerprint density at radius 2 is 1.94 bits per heavy atom. The Morgan fingerprint density at radius 1 is 1.16 bits per heavy atom. The molecule has 178 valence electrons. The molecule has 7 nitrogen and oxygen atoms in total. The monoisotopic (exact) mass is 555 g/mol. The first-order valence-corrected chi connectivity index (χ1v) is 11.9. The molecule has 0 radical (unpaired) electrons. The molecule has 8 heteroatoms. The van der Waals surface area contributed by atoms with Gasteiger partial charge in [0.05, 0.1) is 18.8 Å². The van der Waals surface area contributed by atoms with Gasteiger partial charge >= 0.3 is 0 Å². The Morgan fingerprint density at radius 3 is 2.69 bits per heavy atom. The molecular weight excluding hydrogens is 517 g/mol. The Balaban J connectivity index is 0.00000289. The number of benzene rings is 1. The summed E-state index contributed by atoms with van der Waals surface area (Å²) in [6.07, 6.45) is 6.09. The predicted octanol–water partition coefficient (Wildman–Crippen LogP) is 2.60. The zero-order valence-electron chi connectivity index (χ0n) is 19.2. The number of carbonyl (C=O) groups is 1. The molecule has 2 atom stereocenters. The van der Waals surface area contributed by atoms with Gasteiger partial charge in [-0.15, -0.1) is 24.0 Å². The van der Waals surface area contributed by atoms with E-state index in [2.05, 4.69) is 62.7 Å². The second-order valence-electron chi connectivity index (χ2n) is 8.91. The van der Waals surface area contributed by atoms with Crippen LogP contribution in [0.3, 0.4) is 0 Å². The van der Waals surface area contributed by atoms with Crippen LogP contribution in [0, 0.1) is 0 Å². The molecule has 2 saturated heterocycles. The van der Waals surface area contributed by atoms with Crippen molar-refractivity contribution in [3.63, 3.8) is 0 Å². The number of likely N-dealkylation sites (tertiary alicyclic amines) is 1. The fraction of sp³-hybridized carbons (Fsp3) is 0.667. The van der Waals surface area contributed by atoms with Gasteiger partial charge in [0.15, 0.2) is 5.96 Å². The van der Waals surface area contributed by atoms with E-state index >= 15 is 0 Å². The number of hydrogen-bond donors (Lipinski definition) is 2. The molecule has 0 spiro atoms. The summed E-state index contributed by atoms with van der Waals surface area (Å²) in [5.41, 5.74) is 1.33. The summed E-state index contributed by atoms with van der Waals surface area (Å²) < 4.78 is 6.11. The number of carbonyl (C=O) groups excluding carboxylic acids is 1. The van der Waals surface area contributed by atoms with Crippen LogP contribution in [0.1, 0.15) is 44.6 Å². The number of aliphatic imine (C=N–C) groups is 1. The molecular formula is C24H38IN5O2. The van der Waals surface area contributed by atoms with Crippen LogP contribution in [-0.2, 0) is 16.1 Å². The molecule has 1 amide bonds. The number of ether oxygens (including phenoxy) is 1. The van der Waals surface area contributed by atoms with Crippen molar-refractivity contribution in [2.24, 2.45) is 4.99 Å². The van der Waals surface area contributed by atoms with Crippen LogP contribution in [0.2, 0.25) is 0 Å². The maximum absolute atomic E-state index is 12.4. The molecule has 3 fully saturated rings. The number of guanidine groups is 1. The lowest BCUT2D eigenvalue weighted by atomic mass is 9.95. The molecule has 2 aliphatic heterocycles. The highest BCUT2D eigenvalue weighted by Gasteiger charge is 2.41. The van der Waals surface area contributed by atoms with Crippen molar-refractivity contribution in [2.75, 3.05) is 39.3 Å². The van der Waals surface area contributed by atoms with Gasteiger partial charge in [0.2, 0.25) is 5.91 Å². The van der Waals surface area contributed by atoms with Gasteiger partial charge < -0.3 is 20.3 Å². The molecule has 0 aromatic heterocycles. The number of hydrogen-bond acceptors (Lipinski definition) is 4. The normalized spacial score (nSPS) is 24.5. The van der Waals surface area contributed by atoms with E-state index in [4.69, 9.17) is 4.74 Å². The van der Waals surface area contributed by atoms with Gasteiger partial charge in [0, 0.05) is 38.8 Å². The standard InChI is InChI=1S/C24H37N5O2.HI/c1-2-25-24(26-15-23(30)27-20-11-7-4-8-12-20)29-17-21-22(18-29)31-14-13-28(21)16-19-9-5-3-6-10-19;/h3,5-6,9-10,20-22H,2,4,7-8,11-18H2,1H3,(H,25,26)(H,27,30);1H. The summed E-state index contributed by atoms with van der Waals surface area (Å²) in [7, 11) is 0. The first kappa shape index (κ1) is 25.2. The van der Waals surface area contributed by atoms with Crippen molar-refractivity contribution in [2.45, 2.75) is 63.8 Å². The van der Waals surface area contributed by atoms with Crippen molar-refractivity contribution >= 4 is 35.8 Å². The Hall–Kier alpha value is -1.39. The van der Waals surface area contributed by atoms with Gasteiger partial charge in [-0.25, -0.2) is 4.99 Å². The largest absolute Gasteiger partial charge is 0.373 e. The second kappa shape index (κ2) is 12.7. The number of rotatable bonds is 6. The Labute approximate surface area is 209 Å². The van der Waals surface area contributed by atoms with Crippen LogP contribution < -0.4 is 10.6 Å². The molecule has 2 unspecified atom stereocenters. The minimum absolute atomic E-state index is 0. The van der Waals surface area contributed by atoms with Gasteiger partial charge in [0.1, 0.15) is 6.54 Å². The van der Waals surface area contributed by atoms with Crippen molar-refractivity contribution in [1.82, 2.24) is 20.4 Å². The fourth-order valence-corrected chi connectivity index (χ4v) is 5.04. The lowest BCUT2D eigenvalue weighted by molar-refractivity contribution is -0.120. The van der Waals surface area contributed by atoms with E-state index in [1.807, 2.05) is 0 Å². The van der Waals surface area contributed by atoms with E-state index in [1.54, 1.807) is 0 Å². The van der Waals surface area contributed by atoms with Crippen LogP contribution in [0.15, 0.2) is 35.3 Å². The lowest BCUT2D eigenvalue weighted by Crippen LogP contribution is -2.50. The van der Waals surface area contributed by atoms with Gasteiger partial charge in [-0.05, 0) is 25.3 Å². The maximum Gasteiger partial charge on any atom is 0.242 e. The third kappa shape index (κ3) is 6.81. The topological polar surface area (TPSA) is 69.2 Å². The van der Waals surface area contributed by atoms with E-state index in [0.717, 1.165) is 58.1 Å². The fourth-order valence-electron chi connectivity index (χ4n) is 5.04. The Kier molecular flexibility index (Phi) is 10.1. The SMILES string of the molecule is CCNC(=NCC(=O)NC1CCCCC1)N1CC2OCCN(Cc3ccccc3)C2C1.I. The van der Waals surface area contributed by atoms with E-state index < -0.39 is 0 Å². The minimum atomic E-state index is 0. The molecule has 2 heterocycles. The average molecular weight is 556 g/mol. The molecule has 1 aromatic rings. The molecule has 2 N–H and O–H groups in total. The molecule has 0 bridgehead atoms. The number of morpholine rings is 1. The van der Waals surface area contributed by atoms with Crippen molar-refractivity contribution in [3.05, 3.63) is 35.9 Å². The third-order valence-electron chi connectivity index (χ3n) is 6.62. The number of amides is 1. The van der Waals surface area contributed by atoms with Crippen LogP contribution in [0.25, 0.3) is 0 Å². The smallest absolute Gasteiger partial charge is 0.242 e. The summed E-state index contributed by atoms with van der Waals surface area (Å²) in [5, 5.41) is 6.55. The molecule has 1 aliphatic carbocycles. The maximum atomic E-state index is 12.4. The number of halogens is 1. The third-order valence-corrected chi connectivity index (χ3v) is 6.62. The quantitative estimate of drug-likeness (QED) is 0.321. The zero-order chi connectivity index (χ0) is 21.5.